The molecule has 0 atom stereocenters. The minimum Gasteiger partial charge on any atom is -0.490 e. The number of aromatic nitrogens is 3. The van der Waals surface area contributed by atoms with Gasteiger partial charge in [0.25, 0.3) is 0 Å². The number of hydrogen-bond donors (Lipinski definition) is 0. The van der Waals surface area contributed by atoms with Gasteiger partial charge in [0, 0.05) is 52.0 Å². The van der Waals surface area contributed by atoms with Gasteiger partial charge in [0.2, 0.25) is 0 Å². The van der Waals surface area contributed by atoms with Crippen LogP contribution < -0.4 is 4.74 Å². The summed E-state index contributed by atoms with van der Waals surface area (Å²) in [5, 5.41) is 6.39. The van der Waals surface area contributed by atoms with Crippen LogP contribution >= 0.6 is 23.2 Å². The number of rotatable bonds is 7. The van der Waals surface area contributed by atoms with Gasteiger partial charge in [-0.05, 0) is 94.9 Å². The van der Waals surface area contributed by atoms with E-state index in [0.29, 0.717) is 39.9 Å². The molecule has 220 valence electrons. The van der Waals surface area contributed by atoms with Gasteiger partial charge in [-0.1, -0.05) is 40.2 Å². The quantitative estimate of drug-likeness (QED) is 0.194. The van der Waals surface area contributed by atoms with Crippen molar-refractivity contribution < 1.29 is 14.0 Å². The molecule has 0 unspecified atom stereocenters. The third-order valence-corrected chi connectivity index (χ3v) is 10.6. The summed E-state index contributed by atoms with van der Waals surface area (Å²) >= 11 is 13.0. The molecule has 0 saturated heterocycles. The second kappa shape index (κ2) is 10.8. The van der Waals surface area contributed by atoms with Crippen molar-refractivity contribution in [2.24, 2.45) is 5.41 Å². The molecular weight excluding hydrogens is 581 g/mol. The van der Waals surface area contributed by atoms with E-state index in [1.807, 2.05) is 12.3 Å². The summed E-state index contributed by atoms with van der Waals surface area (Å²) in [6.45, 7) is 0.439. The molecular formula is C35H33Cl2N3O3. The normalized spacial score (nSPS) is 24.9. The summed E-state index contributed by atoms with van der Waals surface area (Å²) < 4.78 is 18.9. The predicted octanol–water partition coefficient (Wildman–Crippen LogP) is 9.06. The standard InChI is InChI=1S/C35H33Cl2N3O3/c36-27-19-38-20-28(37)31(27)32-26(33(43-40-32)23-5-6-23)21-41-35-14-11-34(12-15-35,13-16-35)10-8-22-4-7-29-25(18-22)30(9-17-39-29)42-24-2-1-3-24/h4,7,9,17-20,23-24H,1-3,5-6,11-16,21H2. The summed E-state index contributed by atoms with van der Waals surface area (Å²) in [5.74, 6) is 9.48. The van der Waals surface area contributed by atoms with Gasteiger partial charge in [0.05, 0.1) is 33.9 Å². The Labute approximate surface area is 261 Å². The highest BCUT2D eigenvalue weighted by Crippen LogP contribution is 2.54. The van der Waals surface area contributed by atoms with Crippen molar-refractivity contribution in [2.45, 2.75) is 94.9 Å². The molecule has 3 heterocycles. The fourth-order valence-corrected chi connectivity index (χ4v) is 7.46. The number of nitrogens with zero attached hydrogens (tertiary/aromatic N) is 3. The van der Waals surface area contributed by atoms with Gasteiger partial charge in [-0.25, -0.2) is 0 Å². The van der Waals surface area contributed by atoms with E-state index >= 15 is 0 Å². The third kappa shape index (κ3) is 5.20. The maximum absolute atomic E-state index is 6.81. The molecule has 5 aliphatic carbocycles. The van der Waals surface area contributed by atoms with Crippen LogP contribution in [0.3, 0.4) is 0 Å². The highest BCUT2D eigenvalue weighted by atomic mass is 35.5. The molecule has 5 aliphatic rings. The van der Waals surface area contributed by atoms with E-state index in [9.17, 15) is 0 Å². The van der Waals surface area contributed by atoms with Crippen molar-refractivity contribution >= 4 is 34.1 Å². The largest absolute Gasteiger partial charge is 0.490 e. The van der Waals surface area contributed by atoms with Crippen LogP contribution in [0.5, 0.6) is 5.75 Å². The topological polar surface area (TPSA) is 70.3 Å². The Morgan fingerprint density at radius 2 is 1.72 bits per heavy atom. The molecule has 3 aromatic heterocycles. The van der Waals surface area contributed by atoms with Crippen LogP contribution in [-0.2, 0) is 11.3 Å². The van der Waals surface area contributed by atoms with Crippen molar-refractivity contribution in [1.29, 1.82) is 0 Å². The zero-order valence-electron chi connectivity index (χ0n) is 24.0. The summed E-state index contributed by atoms with van der Waals surface area (Å²) in [6, 6.07) is 8.27. The number of halogens is 2. The first-order valence-corrected chi connectivity index (χ1v) is 16.3. The minimum atomic E-state index is -0.146. The first kappa shape index (κ1) is 27.4. The van der Waals surface area contributed by atoms with Crippen LogP contribution in [0.2, 0.25) is 10.0 Å². The van der Waals surface area contributed by atoms with Crippen LogP contribution in [0.4, 0.5) is 0 Å². The molecule has 4 aromatic rings. The monoisotopic (exact) mass is 613 g/mol. The fraction of sp³-hybridized carbons (Fsp3) is 0.457. The molecule has 0 radical (unpaired) electrons. The van der Waals surface area contributed by atoms with Crippen molar-refractivity contribution in [3.63, 3.8) is 0 Å². The molecule has 0 aliphatic heterocycles. The molecule has 5 saturated carbocycles. The molecule has 0 N–H and O–H groups in total. The van der Waals surface area contributed by atoms with Crippen molar-refractivity contribution in [2.75, 3.05) is 0 Å². The highest BCUT2D eigenvalue weighted by molar-refractivity contribution is 6.38. The SMILES string of the molecule is Clc1cncc(Cl)c1-c1noc(C2CC2)c1COC12CCC(C#Cc3ccc4nccc(OC5CCC5)c4c3)(CC1)CC2. The Bertz CT molecular complexity index is 1720. The van der Waals surface area contributed by atoms with E-state index in [2.05, 4.69) is 45.2 Å². The Morgan fingerprint density at radius 1 is 0.953 bits per heavy atom. The van der Waals surface area contributed by atoms with Crippen LogP contribution in [0.15, 0.2) is 47.4 Å². The van der Waals surface area contributed by atoms with Gasteiger partial charge >= 0.3 is 0 Å². The lowest BCUT2D eigenvalue weighted by molar-refractivity contribution is -0.131. The first-order chi connectivity index (χ1) is 21.0. The lowest BCUT2D eigenvalue weighted by Gasteiger charge is -2.51. The Morgan fingerprint density at radius 3 is 2.42 bits per heavy atom. The average molecular weight is 615 g/mol. The number of pyridine rings is 2. The second-order valence-electron chi connectivity index (χ2n) is 12.8. The van der Waals surface area contributed by atoms with Gasteiger partial charge < -0.3 is 14.0 Å². The number of ether oxygens (including phenoxy) is 2. The lowest BCUT2D eigenvalue weighted by atomic mass is 9.59. The average Bonchev–Trinajstić information content (AvgIpc) is 3.77. The van der Waals surface area contributed by atoms with Crippen molar-refractivity contribution in [3.05, 3.63) is 69.8 Å². The Hall–Kier alpha value is -3.11. The smallest absolute Gasteiger partial charge is 0.145 e. The maximum atomic E-state index is 6.81. The van der Waals surface area contributed by atoms with Gasteiger partial charge in [-0.3, -0.25) is 9.97 Å². The predicted molar refractivity (Wildman–Crippen MR) is 166 cm³/mol. The van der Waals surface area contributed by atoms with E-state index in [-0.39, 0.29) is 11.0 Å². The zero-order chi connectivity index (χ0) is 29.0. The van der Waals surface area contributed by atoms with E-state index in [4.69, 9.17) is 37.2 Å². The summed E-state index contributed by atoms with van der Waals surface area (Å²) in [7, 11) is 0. The second-order valence-corrected chi connectivity index (χ2v) is 13.7. The Kier molecular flexibility index (Phi) is 6.89. The summed E-state index contributed by atoms with van der Waals surface area (Å²) in [4.78, 5) is 8.65. The van der Waals surface area contributed by atoms with Crippen LogP contribution in [0.25, 0.3) is 22.2 Å². The molecule has 5 fully saturated rings. The molecule has 6 nitrogen and oxygen atoms in total. The van der Waals surface area contributed by atoms with E-state index < -0.39 is 0 Å². The molecule has 2 bridgehead atoms. The Balaban J connectivity index is 0.983. The van der Waals surface area contributed by atoms with Crippen LogP contribution in [-0.4, -0.2) is 26.8 Å². The maximum Gasteiger partial charge on any atom is 0.145 e. The molecule has 8 heteroatoms. The van der Waals surface area contributed by atoms with Gasteiger partial charge in [-0.2, -0.15) is 0 Å². The third-order valence-electron chi connectivity index (χ3n) is 10.1. The van der Waals surface area contributed by atoms with E-state index in [1.165, 1.54) is 6.42 Å². The molecule has 0 amide bonds. The number of fused-ring (bicyclic) bond motifs is 4. The van der Waals surface area contributed by atoms with Crippen LogP contribution in [0.1, 0.15) is 93.4 Å². The van der Waals surface area contributed by atoms with E-state index in [0.717, 1.165) is 97.7 Å². The van der Waals surface area contributed by atoms with E-state index in [1.54, 1.807) is 12.4 Å². The lowest BCUT2D eigenvalue weighted by Crippen LogP contribution is -2.47. The number of benzene rings is 1. The highest BCUT2D eigenvalue weighted by Gasteiger charge is 2.49. The molecule has 0 spiro atoms. The van der Waals surface area contributed by atoms with Gasteiger partial charge in [-0.15, -0.1) is 0 Å². The van der Waals surface area contributed by atoms with Gasteiger partial charge in [0.15, 0.2) is 0 Å². The van der Waals surface area contributed by atoms with Crippen LogP contribution in [0, 0.1) is 17.3 Å². The number of hydrogen-bond acceptors (Lipinski definition) is 6. The van der Waals surface area contributed by atoms with Crippen molar-refractivity contribution in [1.82, 2.24) is 15.1 Å². The van der Waals surface area contributed by atoms with Gasteiger partial charge in [0.1, 0.15) is 17.2 Å². The fourth-order valence-electron chi connectivity index (χ4n) is 6.92. The summed E-state index contributed by atoms with van der Waals surface area (Å²) in [5.41, 5.74) is 4.18. The molecule has 1 aromatic carbocycles. The molecule has 9 rings (SSSR count). The van der Waals surface area contributed by atoms with Crippen molar-refractivity contribution in [3.8, 4) is 28.8 Å². The molecule has 43 heavy (non-hydrogen) atoms. The first-order valence-electron chi connectivity index (χ1n) is 15.5. The zero-order valence-corrected chi connectivity index (χ0v) is 25.5. The summed E-state index contributed by atoms with van der Waals surface area (Å²) in [6.07, 6.45) is 17.2. The minimum absolute atomic E-state index is 0.0416.